The van der Waals surface area contributed by atoms with Gasteiger partial charge in [0.25, 0.3) is 6.43 Å². The predicted octanol–water partition coefficient (Wildman–Crippen LogP) is 4.36. The van der Waals surface area contributed by atoms with Crippen LogP contribution in [0, 0.1) is 24.1 Å². The number of hydrogen-bond donors (Lipinski definition) is 2. The maximum atomic E-state index is 13.2. The zero-order valence-electron chi connectivity index (χ0n) is 12.9. The summed E-state index contributed by atoms with van der Waals surface area (Å²) in [4.78, 5) is 7.37. The summed E-state index contributed by atoms with van der Waals surface area (Å²) in [5, 5.41) is 5.82. The van der Waals surface area contributed by atoms with Crippen LogP contribution in [-0.4, -0.2) is 16.6 Å². The molecule has 10 heteroatoms. The molecular weight excluding hydrogens is 342 g/mol. The Kier molecular flexibility index (Phi) is 5.98. The van der Waals surface area contributed by atoms with Crippen LogP contribution in [0.1, 0.15) is 17.7 Å². The highest BCUT2D eigenvalue weighted by Gasteiger charge is 2.13. The minimum atomic E-state index is -2.95. The summed E-state index contributed by atoms with van der Waals surface area (Å²) in [5.74, 6) is -1.59. The van der Waals surface area contributed by atoms with E-state index in [9.17, 15) is 17.6 Å². The number of aromatic nitrogens is 2. The lowest BCUT2D eigenvalue weighted by Crippen LogP contribution is -2.06. The first kappa shape index (κ1) is 18.3. The van der Waals surface area contributed by atoms with E-state index in [0.717, 1.165) is 18.3 Å². The van der Waals surface area contributed by atoms with Gasteiger partial charge in [-0.1, -0.05) is 0 Å². The fourth-order valence-electron chi connectivity index (χ4n) is 1.71. The second-order valence-electron chi connectivity index (χ2n) is 4.80. The van der Waals surface area contributed by atoms with E-state index < -0.39 is 23.6 Å². The molecule has 0 atom stereocenters. The molecule has 0 aliphatic carbocycles. The fraction of sp³-hybridized carbons (Fsp3) is 0.200. The average molecular weight is 355 g/mol. The van der Waals surface area contributed by atoms with E-state index in [4.69, 9.17) is 10.3 Å². The molecule has 0 fully saturated rings. The first-order valence-electron chi connectivity index (χ1n) is 6.93. The molecule has 0 amide bonds. The molecule has 0 unspecified atom stereocenters. The Morgan fingerprint density at radius 2 is 2.12 bits per heavy atom. The van der Waals surface area contributed by atoms with Crippen molar-refractivity contribution in [2.24, 2.45) is 5.11 Å². The van der Waals surface area contributed by atoms with Gasteiger partial charge in [-0.15, -0.1) is 0 Å². The lowest BCUT2D eigenvalue weighted by Gasteiger charge is -2.08. The van der Waals surface area contributed by atoms with Crippen LogP contribution < -0.4 is 10.1 Å². The van der Waals surface area contributed by atoms with Crippen LogP contribution >= 0.6 is 0 Å². The molecule has 2 N–H and O–H groups in total. The first-order chi connectivity index (χ1) is 11.9. The number of nitrogens with one attached hydrogen (secondary N) is 2. The molecule has 132 valence electrons. The van der Waals surface area contributed by atoms with Gasteiger partial charge >= 0.3 is 6.01 Å². The highest BCUT2D eigenvalue weighted by Crippen LogP contribution is 2.25. The van der Waals surface area contributed by atoms with Crippen LogP contribution in [0.4, 0.5) is 23.2 Å². The summed E-state index contributed by atoms with van der Waals surface area (Å²) in [6.07, 6.45) is -0.777. The monoisotopic (exact) mass is 355 g/mol. The van der Waals surface area contributed by atoms with Gasteiger partial charge in [0.1, 0.15) is 18.1 Å². The Hall–Kier alpha value is -3.04. The third-order valence-corrected chi connectivity index (χ3v) is 3.03. The summed E-state index contributed by atoms with van der Waals surface area (Å²) < 4.78 is 56.8. The molecule has 0 saturated carbocycles. The third kappa shape index (κ3) is 4.96. The minimum absolute atomic E-state index is 0.0773. The third-order valence-electron chi connectivity index (χ3n) is 3.03. The zero-order chi connectivity index (χ0) is 18.4. The van der Waals surface area contributed by atoms with Gasteiger partial charge in [-0.25, -0.2) is 28.1 Å². The zero-order valence-corrected chi connectivity index (χ0v) is 12.9. The van der Waals surface area contributed by atoms with Crippen LogP contribution in [0.3, 0.4) is 0 Å². The molecule has 2 rings (SSSR count). The van der Waals surface area contributed by atoms with E-state index >= 15 is 0 Å². The van der Waals surface area contributed by atoms with Crippen LogP contribution in [-0.2, 0) is 0 Å². The Labute approximate surface area is 140 Å². The molecule has 1 heterocycles. The minimum Gasteiger partial charge on any atom is -0.457 e. The van der Waals surface area contributed by atoms with Crippen molar-refractivity contribution >= 4 is 5.69 Å². The quantitative estimate of drug-likeness (QED) is 0.571. The molecule has 25 heavy (non-hydrogen) atoms. The van der Waals surface area contributed by atoms with Crippen molar-refractivity contribution in [3.8, 4) is 6.01 Å². The van der Waals surface area contributed by atoms with E-state index in [1.807, 2.05) is 0 Å². The molecule has 0 aliphatic heterocycles. The summed E-state index contributed by atoms with van der Waals surface area (Å²) in [7, 11) is 0. The predicted molar refractivity (Wildman–Crippen MR) is 80.4 cm³/mol. The summed E-state index contributed by atoms with van der Waals surface area (Å²) in [6.45, 7) is 1.22. The number of aryl methyl sites for hydroxylation is 1. The van der Waals surface area contributed by atoms with Crippen molar-refractivity contribution in [3.63, 3.8) is 0 Å². The molecule has 0 bridgehead atoms. The summed E-state index contributed by atoms with van der Waals surface area (Å²) >= 11 is 0. The number of hydrogen-bond acceptors (Lipinski definition) is 6. The van der Waals surface area contributed by atoms with Crippen molar-refractivity contribution in [3.05, 3.63) is 59.2 Å². The molecule has 0 saturated heterocycles. The SMILES string of the molecule is Cc1nc(OC/C(=C/Nc2ccc(F)c(C(F)F)c2)N=N)ncc1F. The molecular formula is C15H13F4N5O. The van der Waals surface area contributed by atoms with Gasteiger partial charge in [0.15, 0.2) is 5.82 Å². The smallest absolute Gasteiger partial charge is 0.317 e. The molecule has 6 nitrogen and oxygen atoms in total. The van der Waals surface area contributed by atoms with Gasteiger partial charge in [0, 0.05) is 11.9 Å². The average Bonchev–Trinajstić information content (AvgIpc) is 2.59. The van der Waals surface area contributed by atoms with E-state index in [1.165, 1.54) is 19.2 Å². The molecule has 2 aromatic rings. The van der Waals surface area contributed by atoms with Crippen molar-refractivity contribution in [2.75, 3.05) is 11.9 Å². The molecule has 0 radical (unpaired) electrons. The standard InChI is InChI=1S/C15H13F4N5O/c1-8-13(17)6-22-15(23-8)25-7-10(24-20)5-21-9-2-3-12(16)11(4-9)14(18)19/h2-6,14,20-21H,7H2,1H3/b10-5-,24-20?. The first-order valence-corrected chi connectivity index (χ1v) is 6.93. The number of rotatable bonds is 7. The van der Waals surface area contributed by atoms with Crippen molar-refractivity contribution in [2.45, 2.75) is 13.3 Å². The van der Waals surface area contributed by atoms with Gasteiger partial charge in [-0.05, 0) is 25.1 Å². The van der Waals surface area contributed by atoms with Gasteiger partial charge in [0.2, 0.25) is 0 Å². The van der Waals surface area contributed by atoms with Crippen LogP contribution in [0.2, 0.25) is 0 Å². The lowest BCUT2D eigenvalue weighted by atomic mass is 10.2. The van der Waals surface area contributed by atoms with E-state index in [1.54, 1.807) is 0 Å². The van der Waals surface area contributed by atoms with E-state index in [0.29, 0.717) is 0 Å². The molecule has 1 aromatic carbocycles. The van der Waals surface area contributed by atoms with Crippen LogP contribution in [0.5, 0.6) is 6.01 Å². The lowest BCUT2D eigenvalue weighted by molar-refractivity contribution is 0.146. The number of ether oxygens (including phenoxy) is 1. The van der Waals surface area contributed by atoms with Gasteiger partial charge in [-0.3, -0.25) is 0 Å². The van der Waals surface area contributed by atoms with Crippen molar-refractivity contribution in [1.29, 1.82) is 5.53 Å². The van der Waals surface area contributed by atoms with E-state index in [-0.39, 0.29) is 29.7 Å². The van der Waals surface area contributed by atoms with E-state index in [2.05, 4.69) is 20.4 Å². The van der Waals surface area contributed by atoms with Crippen molar-refractivity contribution in [1.82, 2.24) is 9.97 Å². The molecule has 0 aliphatic rings. The second kappa shape index (κ2) is 8.18. The topological polar surface area (TPSA) is 83.2 Å². The highest BCUT2D eigenvalue weighted by atomic mass is 19.3. The van der Waals surface area contributed by atoms with Crippen LogP contribution in [0.25, 0.3) is 0 Å². The molecule has 1 aromatic heterocycles. The normalized spacial score (nSPS) is 11.5. The number of benzene rings is 1. The Balaban J connectivity index is 2.04. The second-order valence-corrected chi connectivity index (χ2v) is 4.80. The number of anilines is 1. The van der Waals surface area contributed by atoms with Crippen LogP contribution in [0.15, 0.2) is 41.4 Å². The van der Waals surface area contributed by atoms with Gasteiger partial charge < -0.3 is 10.1 Å². The van der Waals surface area contributed by atoms with Crippen molar-refractivity contribution < 1.29 is 22.3 Å². The summed E-state index contributed by atoms with van der Waals surface area (Å²) in [5.41, 5.74) is 6.69. The maximum absolute atomic E-state index is 13.2. The van der Waals surface area contributed by atoms with Gasteiger partial charge in [0.05, 0.1) is 17.5 Å². The largest absolute Gasteiger partial charge is 0.457 e. The van der Waals surface area contributed by atoms with Gasteiger partial charge in [-0.2, -0.15) is 10.1 Å². The Morgan fingerprint density at radius 3 is 2.76 bits per heavy atom. The Bertz CT molecular complexity index is 797. The number of nitrogens with zero attached hydrogens (tertiary/aromatic N) is 3. The highest BCUT2D eigenvalue weighted by molar-refractivity contribution is 5.49. The number of halogens is 4. The molecule has 0 spiro atoms. The number of alkyl halides is 2. The fourth-order valence-corrected chi connectivity index (χ4v) is 1.71. The Morgan fingerprint density at radius 1 is 1.36 bits per heavy atom. The summed E-state index contributed by atoms with van der Waals surface area (Å²) in [6, 6.07) is 3.01. The maximum Gasteiger partial charge on any atom is 0.317 e.